The molecule has 0 atom stereocenters. The standard InChI is InChI=1S/C15H11F3N2/c1-20-8-2-3-14(20)9-12(10-19)11-4-6-13(7-5-11)15(16,17)18/h2-9H,1H3/b12-9+. The molecular weight excluding hydrogens is 265 g/mol. The summed E-state index contributed by atoms with van der Waals surface area (Å²) in [5.41, 5.74) is 0.862. The molecule has 0 amide bonds. The first-order valence-electron chi connectivity index (χ1n) is 5.82. The van der Waals surface area contributed by atoms with Crippen LogP contribution in [0.25, 0.3) is 11.6 Å². The third kappa shape index (κ3) is 2.91. The molecule has 0 N–H and O–H groups in total. The molecule has 0 saturated heterocycles. The predicted molar refractivity (Wildman–Crippen MR) is 70.3 cm³/mol. The van der Waals surface area contributed by atoms with Crippen LogP contribution in [0.4, 0.5) is 13.2 Å². The van der Waals surface area contributed by atoms with E-state index in [0.717, 1.165) is 17.8 Å². The average Bonchev–Trinajstić information content (AvgIpc) is 2.80. The zero-order chi connectivity index (χ0) is 14.8. The molecule has 0 radical (unpaired) electrons. The van der Waals surface area contributed by atoms with Gasteiger partial charge in [-0.2, -0.15) is 18.4 Å². The van der Waals surface area contributed by atoms with E-state index in [1.54, 1.807) is 6.08 Å². The van der Waals surface area contributed by atoms with Gasteiger partial charge in [-0.05, 0) is 35.9 Å². The van der Waals surface area contributed by atoms with Crippen LogP contribution < -0.4 is 0 Å². The first kappa shape index (κ1) is 13.9. The number of hydrogen-bond donors (Lipinski definition) is 0. The van der Waals surface area contributed by atoms with Gasteiger partial charge in [0.05, 0.1) is 17.2 Å². The number of nitriles is 1. The lowest BCUT2D eigenvalue weighted by Crippen LogP contribution is -2.04. The van der Waals surface area contributed by atoms with Crippen LogP contribution in [0.3, 0.4) is 0 Å². The lowest BCUT2D eigenvalue weighted by Gasteiger charge is -2.07. The maximum absolute atomic E-state index is 12.5. The van der Waals surface area contributed by atoms with Crippen LogP contribution in [0.2, 0.25) is 0 Å². The van der Waals surface area contributed by atoms with Crippen molar-refractivity contribution in [1.29, 1.82) is 5.26 Å². The SMILES string of the molecule is Cn1cccc1/C=C(\C#N)c1ccc(C(F)(F)F)cc1. The molecule has 0 aliphatic rings. The summed E-state index contributed by atoms with van der Waals surface area (Å²) in [5.74, 6) is 0. The van der Waals surface area contributed by atoms with Gasteiger partial charge >= 0.3 is 6.18 Å². The number of hydrogen-bond acceptors (Lipinski definition) is 1. The van der Waals surface area contributed by atoms with E-state index in [0.29, 0.717) is 11.1 Å². The van der Waals surface area contributed by atoms with Crippen molar-refractivity contribution in [2.24, 2.45) is 7.05 Å². The van der Waals surface area contributed by atoms with Crippen molar-refractivity contribution in [3.05, 3.63) is 59.4 Å². The fraction of sp³-hybridized carbons (Fsp3) is 0.133. The van der Waals surface area contributed by atoms with Crippen molar-refractivity contribution in [2.75, 3.05) is 0 Å². The van der Waals surface area contributed by atoms with Crippen LogP contribution in [0.5, 0.6) is 0 Å². The highest BCUT2D eigenvalue weighted by atomic mass is 19.4. The van der Waals surface area contributed by atoms with E-state index in [4.69, 9.17) is 5.26 Å². The minimum Gasteiger partial charge on any atom is -0.351 e. The molecule has 0 aliphatic heterocycles. The summed E-state index contributed by atoms with van der Waals surface area (Å²) in [6.07, 6.45) is -0.899. The smallest absolute Gasteiger partial charge is 0.351 e. The second kappa shape index (κ2) is 5.25. The number of aromatic nitrogens is 1. The molecule has 2 rings (SSSR count). The average molecular weight is 276 g/mol. The Kier molecular flexibility index (Phi) is 3.66. The third-order valence-electron chi connectivity index (χ3n) is 2.92. The van der Waals surface area contributed by atoms with Crippen LogP contribution >= 0.6 is 0 Å². The minimum atomic E-state index is -4.37. The van der Waals surface area contributed by atoms with Crippen LogP contribution in [0.1, 0.15) is 16.8 Å². The Labute approximate surface area is 114 Å². The van der Waals surface area contributed by atoms with Gasteiger partial charge in [0.1, 0.15) is 0 Å². The van der Waals surface area contributed by atoms with Crippen molar-refractivity contribution >= 4 is 11.6 Å². The largest absolute Gasteiger partial charge is 0.416 e. The Hall–Kier alpha value is -2.48. The van der Waals surface area contributed by atoms with E-state index in [1.807, 2.05) is 36.0 Å². The van der Waals surface area contributed by atoms with E-state index in [9.17, 15) is 13.2 Å². The Morgan fingerprint density at radius 2 is 1.85 bits per heavy atom. The monoisotopic (exact) mass is 276 g/mol. The molecule has 0 unspecified atom stereocenters. The Morgan fingerprint density at radius 1 is 1.20 bits per heavy atom. The third-order valence-corrected chi connectivity index (χ3v) is 2.92. The fourth-order valence-corrected chi connectivity index (χ4v) is 1.79. The molecular formula is C15H11F3N2. The molecule has 0 fully saturated rings. The highest BCUT2D eigenvalue weighted by molar-refractivity contribution is 5.89. The summed E-state index contributed by atoms with van der Waals surface area (Å²) in [7, 11) is 1.83. The van der Waals surface area contributed by atoms with Crippen LogP contribution in [-0.4, -0.2) is 4.57 Å². The number of benzene rings is 1. The summed E-state index contributed by atoms with van der Waals surface area (Å²) in [6.45, 7) is 0. The Morgan fingerprint density at radius 3 is 2.30 bits per heavy atom. The van der Waals surface area contributed by atoms with E-state index < -0.39 is 11.7 Å². The van der Waals surface area contributed by atoms with Gasteiger partial charge in [0.25, 0.3) is 0 Å². The van der Waals surface area contributed by atoms with Gasteiger partial charge in [0.2, 0.25) is 0 Å². The normalized spacial score (nSPS) is 12.2. The number of nitrogens with zero attached hydrogens (tertiary/aromatic N) is 2. The molecule has 0 aliphatic carbocycles. The molecule has 0 saturated carbocycles. The van der Waals surface area contributed by atoms with Gasteiger partial charge in [-0.25, -0.2) is 0 Å². The minimum absolute atomic E-state index is 0.320. The molecule has 0 bridgehead atoms. The second-order valence-electron chi connectivity index (χ2n) is 4.29. The van der Waals surface area contributed by atoms with Gasteiger partial charge in [0.15, 0.2) is 0 Å². The summed E-state index contributed by atoms with van der Waals surface area (Å²) in [4.78, 5) is 0. The molecule has 102 valence electrons. The maximum Gasteiger partial charge on any atom is 0.416 e. The summed E-state index contributed by atoms with van der Waals surface area (Å²) in [6, 6.07) is 10.2. The number of rotatable bonds is 2. The summed E-state index contributed by atoms with van der Waals surface area (Å²) < 4.78 is 39.3. The summed E-state index contributed by atoms with van der Waals surface area (Å²) in [5, 5.41) is 9.15. The molecule has 2 nitrogen and oxygen atoms in total. The van der Waals surface area contributed by atoms with Crippen molar-refractivity contribution in [3.8, 4) is 6.07 Å². The Bertz CT molecular complexity index is 670. The van der Waals surface area contributed by atoms with Crippen molar-refractivity contribution in [1.82, 2.24) is 4.57 Å². The molecule has 20 heavy (non-hydrogen) atoms. The molecule has 1 aromatic heterocycles. The van der Waals surface area contributed by atoms with Crippen molar-refractivity contribution < 1.29 is 13.2 Å². The lowest BCUT2D eigenvalue weighted by atomic mass is 10.0. The highest BCUT2D eigenvalue weighted by Gasteiger charge is 2.30. The number of aryl methyl sites for hydroxylation is 1. The van der Waals surface area contributed by atoms with Gasteiger partial charge in [-0.3, -0.25) is 0 Å². The van der Waals surface area contributed by atoms with Crippen molar-refractivity contribution in [3.63, 3.8) is 0 Å². The Balaban J connectivity index is 2.37. The van der Waals surface area contributed by atoms with E-state index >= 15 is 0 Å². The zero-order valence-electron chi connectivity index (χ0n) is 10.6. The first-order valence-corrected chi connectivity index (χ1v) is 5.82. The van der Waals surface area contributed by atoms with Gasteiger partial charge in [-0.15, -0.1) is 0 Å². The molecule has 1 heterocycles. The quantitative estimate of drug-likeness (QED) is 0.759. The molecule has 0 spiro atoms. The van der Waals surface area contributed by atoms with E-state index in [-0.39, 0.29) is 0 Å². The second-order valence-corrected chi connectivity index (χ2v) is 4.29. The van der Waals surface area contributed by atoms with Gasteiger partial charge in [-0.1, -0.05) is 12.1 Å². The summed E-state index contributed by atoms with van der Waals surface area (Å²) >= 11 is 0. The molecule has 5 heteroatoms. The van der Waals surface area contributed by atoms with Crippen LogP contribution in [0.15, 0.2) is 42.6 Å². The van der Waals surface area contributed by atoms with Crippen LogP contribution in [0, 0.1) is 11.3 Å². The highest BCUT2D eigenvalue weighted by Crippen LogP contribution is 2.30. The van der Waals surface area contributed by atoms with Crippen molar-refractivity contribution in [2.45, 2.75) is 6.18 Å². The molecule has 2 aromatic rings. The zero-order valence-corrected chi connectivity index (χ0v) is 10.6. The van der Waals surface area contributed by atoms with Crippen LogP contribution in [-0.2, 0) is 13.2 Å². The number of halogens is 3. The maximum atomic E-state index is 12.5. The fourth-order valence-electron chi connectivity index (χ4n) is 1.79. The first-order chi connectivity index (χ1) is 9.41. The molecule has 1 aromatic carbocycles. The van der Waals surface area contributed by atoms with E-state index in [1.165, 1.54) is 12.1 Å². The van der Waals surface area contributed by atoms with Gasteiger partial charge in [0, 0.05) is 18.9 Å². The van der Waals surface area contributed by atoms with Gasteiger partial charge < -0.3 is 4.57 Å². The number of allylic oxidation sites excluding steroid dienone is 1. The van der Waals surface area contributed by atoms with E-state index in [2.05, 4.69) is 0 Å². The topological polar surface area (TPSA) is 28.7 Å². The lowest BCUT2D eigenvalue weighted by molar-refractivity contribution is -0.137. The number of alkyl halides is 3. The predicted octanol–water partition coefficient (Wildman–Crippen LogP) is 4.11.